The summed E-state index contributed by atoms with van der Waals surface area (Å²) in [4.78, 5) is 66.2. The summed E-state index contributed by atoms with van der Waals surface area (Å²) in [5.41, 5.74) is -8.12. The zero-order valence-corrected chi connectivity index (χ0v) is 28.4. The van der Waals surface area contributed by atoms with Crippen LogP contribution in [0.1, 0.15) is 75.8 Å². The molecule has 1 unspecified atom stereocenters. The molecule has 5 rings (SSSR count). The van der Waals surface area contributed by atoms with Crippen LogP contribution in [0.5, 0.6) is 0 Å². The fourth-order valence-electron chi connectivity index (χ4n) is 8.03. The Kier molecular flexibility index (Phi) is 9.47. The summed E-state index contributed by atoms with van der Waals surface area (Å²) >= 11 is 0. The van der Waals surface area contributed by atoms with Gasteiger partial charge in [0, 0.05) is 20.3 Å². The minimum Gasteiger partial charge on any atom is -0.459 e. The predicted octanol–water partition coefficient (Wildman–Crippen LogP) is 2.77. The molecule has 0 amide bonds. The number of carbonyl (C=O) groups excluding carboxylic acids is 5. The van der Waals surface area contributed by atoms with Crippen LogP contribution in [0.4, 0.5) is 0 Å². The molecule has 2 aliphatic carbocycles. The van der Waals surface area contributed by atoms with E-state index in [9.17, 15) is 34.2 Å². The van der Waals surface area contributed by atoms with Crippen molar-refractivity contribution in [1.29, 1.82) is 0 Å². The first-order valence-corrected chi connectivity index (χ1v) is 16.0. The standard InChI is InChI=1S/C35H42O14/c1-18(2)29(39)47-25-24-26(38)35(49-32(24,5)6)33(7,42)16-23(45-19(3)36)27(46-20(4)37)34(35,17-44-31(41)22-14-11-15-43-22)28(25)48-30(40)21-12-9-8-10-13-21/h8-15,18,23-28,38,42H,16-17H2,1-7H3/t23-,24+,25-,26?,27-,28+,33-,34-,35-/m0/s1. The van der Waals surface area contributed by atoms with Crippen LogP contribution in [0.25, 0.3) is 0 Å². The maximum absolute atomic E-state index is 14.0. The van der Waals surface area contributed by atoms with Crippen molar-refractivity contribution < 1.29 is 67.0 Å². The number of aliphatic hydroxyl groups excluding tert-OH is 1. The van der Waals surface area contributed by atoms with Crippen LogP contribution < -0.4 is 0 Å². The molecule has 2 bridgehead atoms. The first-order valence-electron chi connectivity index (χ1n) is 16.0. The first-order chi connectivity index (χ1) is 22.9. The van der Waals surface area contributed by atoms with Crippen molar-refractivity contribution in [2.45, 2.75) is 102 Å². The molecule has 1 aliphatic heterocycles. The lowest BCUT2D eigenvalue weighted by molar-refractivity contribution is -0.362. The molecule has 1 aromatic carbocycles. The van der Waals surface area contributed by atoms with Gasteiger partial charge in [-0.1, -0.05) is 32.0 Å². The third kappa shape index (κ3) is 5.89. The molecule has 0 radical (unpaired) electrons. The van der Waals surface area contributed by atoms with Gasteiger partial charge in [0.15, 0.2) is 12.2 Å². The van der Waals surface area contributed by atoms with Gasteiger partial charge in [0.05, 0.1) is 41.0 Å². The number of aliphatic hydroxyl groups is 2. The van der Waals surface area contributed by atoms with Gasteiger partial charge >= 0.3 is 29.8 Å². The Morgan fingerprint density at radius 3 is 2.10 bits per heavy atom. The molecule has 2 aromatic rings. The predicted molar refractivity (Wildman–Crippen MR) is 166 cm³/mol. The SMILES string of the molecule is CC(=O)O[C@H]1C[C@](C)(O)[C@@]23OC(C)(C)[C@@H](C2O)[C@H](OC(=O)C(C)C)[C@@H](OC(=O)c2ccccc2)[C@]3(COC(=O)c2ccco2)[C@H]1OC(C)=O. The molecule has 1 aromatic heterocycles. The van der Waals surface area contributed by atoms with Gasteiger partial charge in [-0.2, -0.15) is 0 Å². The number of hydrogen-bond acceptors (Lipinski definition) is 14. The van der Waals surface area contributed by atoms with E-state index in [1.807, 2.05) is 0 Å². The monoisotopic (exact) mass is 686 g/mol. The third-order valence-corrected chi connectivity index (χ3v) is 9.82. The molecule has 2 heterocycles. The Morgan fingerprint density at radius 1 is 0.878 bits per heavy atom. The van der Waals surface area contributed by atoms with E-state index in [-0.39, 0.29) is 11.3 Å². The van der Waals surface area contributed by atoms with E-state index in [1.54, 1.807) is 45.9 Å². The summed E-state index contributed by atoms with van der Waals surface area (Å²) < 4.78 is 41.7. The van der Waals surface area contributed by atoms with Crippen LogP contribution in [0.3, 0.4) is 0 Å². The molecular weight excluding hydrogens is 644 g/mol. The molecule has 1 spiro atoms. The second-order valence-corrected chi connectivity index (χ2v) is 13.9. The number of benzene rings is 1. The van der Waals surface area contributed by atoms with Gasteiger partial charge < -0.3 is 43.1 Å². The Morgan fingerprint density at radius 2 is 1.53 bits per heavy atom. The van der Waals surface area contributed by atoms with Gasteiger partial charge in [0.25, 0.3) is 0 Å². The number of esters is 5. The van der Waals surface area contributed by atoms with Gasteiger partial charge in [-0.15, -0.1) is 0 Å². The maximum Gasteiger partial charge on any atom is 0.374 e. The van der Waals surface area contributed by atoms with Crippen LogP contribution in [-0.4, -0.2) is 94.0 Å². The van der Waals surface area contributed by atoms with E-state index in [0.29, 0.717) is 0 Å². The highest BCUT2D eigenvalue weighted by molar-refractivity contribution is 5.89. The molecule has 3 fully saturated rings. The zero-order valence-electron chi connectivity index (χ0n) is 28.4. The molecule has 14 nitrogen and oxygen atoms in total. The first kappa shape index (κ1) is 36.0. The van der Waals surface area contributed by atoms with E-state index >= 15 is 0 Å². The van der Waals surface area contributed by atoms with Gasteiger partial charge in [0.1, 0.15) is 29.8 Å². The molecule has 49 heavy (non-hydrogen) atoms. The summed E-state index contributed by atoms with van der Waals surface area (Å²) in [6, 6.07) is 10.6. The summed E-state index contributed by atoms with van der Waals surface area (Å²) in [5.74, 6) is -6.47. The lowest BCUT2D eigenvalue weighted by Gasteiger charge is -2.66. The Bertz CT molecular complexity index is 1580. The fraction of sp³-hybridized carbons (Fsp3) is 0.571. The molecule has 14 heteroatoms. The van der Waals surface area contributed by atoms with E-state index in [1.165, 1.54) is 37.5 Å². The molecule has 2 saturated carbocycles. The number of furan rings is 1. The van der Waals surface area contributed by atoms with Crippen LogP contribution >= 0.6 is 0 Å². The van der Waals surface area contributed by atoms with Gasteiger partial charge in [-0.25, -0.2) is 9.59 Å². The van der Waals surface area contributed by atoms with Crippen molar-refractivity contribution in [2.24, 2.45) is 17.3 Å². The van der Waals surface area contributed by atoms with E-state index in [0.717, 1.165) is 13.8 Å². The zero-order chi connectivity index (χ0) is 36.1. The second-order valence-electron chi connectivity index (χ2n) is 13.9. The smallest absolute Gasteiger partial charge is 0.374 e. The summed E-state index contributed by atoms with van der Waals surface area (Å²) in [6.45, 7) is 8.99. The fourth-order valence-corrected chi connectivity index (χ4v) is 8.03. The number of hydrogen-bond donors (Lipinski definition) is 2. The van der Waals surface area contributed by atoms with Crippen molar-refractivity contribution in [1.82, 2.24) is 0 Å². The number of rotatable bonds is 9. The van der Waals surface area contributed by atoms with Crippen molar-refractivity contribution in [3.05, 3.63) is 60.1 Å². The molecule has 266 valence electrons. The minimum atomic E-state index is -2.32. The summed E-state index contributed by atoms with van der Waals surface area (Å²) in [6.07, 6.45) is -7.44. The third-order valence-electron chi connectivity index (χ3n) is 9.82. The van der Waals surface area contributed by atoms with Crippen LogP contribution in [0, 0.1) is 17.3 Å². The van der Waals surface area contributed by atoms with Crippen molar-refractivity contribution in [3.8, 4) is 0 Å². The minimum absolute atomic E-state index is 0.0787. The highest BCUT2D eigenvalue weighted by Crippen LogP contribution is 2.69. The highest BCUT2D eigenvalue weighted by Gasteiger charge is 2.88. The van der Waals surface area contributed by atoms with Crippen LogP contribution in [0.2, 0.25) is 0 Å². The van der Waals surface area contributed by atoms with Gasteiger partial charge in [-0.05, 0) is 45.0 Å². The maximum atomic E-state index is 14.0. The topological polar surface area (TPSA) is 194 Å². The number of fused-ring (bicyclic) bond motifs is 1. The Labute approximate surface area is 282 Å². The molecule has 9 atom stereocenters. The molecule has 1 saturated heterocycles. The van der Waals surface area contributed by atoms with Crippen molar-refractivity contribution in [3.63, 3.8) is 0 Å². The Hall–Kier alpha value is -4.27. The largest absolute Gasteiger partial charge is 0.459 e. The second kappa shape index (κ2) is 12.9. The number of carbonyl (C=O) groups is 5. The van der Waals surface area contributed by atoms with Crippen LogP contribution in [-0.2, 0) is 42.8 Å². The van der Waals surface area contributed by atoms with Crippen molar-refractivity contribution >= 4 is 29.8 Å². The molecular formula is C35H42O14. The number of ether oxygens (including phenoxy) is 6. The average molecular weight is 687 g/mol. The van der Waals surface area contributed by atoms with E-state index < -0.39 is 107 Å². The molecule has 2 N–H and O–H groups in total. The summed E-state index contributed by atoms with van der Waals surface area (Å²) in [5, 5.41) is 25.0. The van der Waals surface area contributed by atoms with Crippen LogP contribution in [0.15, 0.2) is 53.1 Å². The normalized spacial score (nSPS) is 34.3. The Balaban J connectivity index is 1.85. The highest BCUT2D eigenvalue weighted by atomic mass is 16.6. The van der Waals surface area contributed by atoms with Gasteiger partial charge in [0.2, 0.25) is 5.76 Å². The van der Waals surface area contributed by atoms with Gasteiger partial charge in [-0.3, -0.25) is 14.4 Å². The lowest BCUT2D eigenvalue weighted by atomic mass is 9.45. The average Bonchev–Trinajstić information content (AvgIpc) is 3.61. The lowest BCUT2D eigenvalue weighted by Crippen LogP contribution is -2.85. The molecule has 3 aliphatic rings. The van der Waals surface area contributed by atoms with Crippen molar-refractivity contribution in [2.75, 3.05) is 6.61 Å². The van der Waals surface area contributed by atoms with E-state index in [4.69, 9.17) is 32.8 Å². The quantitative estimate of drug-likeness (QED) is 0.289. The summed E-state index contributed by atoms with van der Waals surface area (Å²) in [7, 11) is 0. The van der Waals surface area contributed by atoms with E-state index in [2.05, 4.69) is 0 Å².